The van der Waals surface area contributed by atoms with Crippen molar-refractivity contribution in [3.63, 3.8) is 0 Å². The van der Waals surface area contributed by atoms with Crippen LogP contribution in [0.3, 0.4) is 0 Å². The van der Waals surface area contributed by atoms with Crippen LogP contribution in [0.1, 0.15) is 19.1 Å². The molecule has 9 heteroatoms. The summed E-state index contributed by atoms with van der Waals surface area (Å²) in [5, 5.41) is 9.36. The molecule has 0 radical (unpaired) electrons. The summed E-state index contributed by atoms with van der Waals surface area (Å²) in [5.74, 6) is -0.251. The molecule has 0 unspecified atom stereocenters. The van der Waals surface area contributed by atoms with Gasteiger partial charge in [-0.3, -0.25) is 14.7 Å². The molecule has 0 atom stereocenters. The van der Waals surface area contributed by atoms with Gasteiger partial charge in [-0.2, -0.15) is 10.1 Å². The van der Waals surface area contributed by atoms with Crippen LogP contribution in [-0.2, 0) is 14.3 Å². The van der Waals surface area contributed by atoms with Gasteiger partial charge in [-0.25, -0.2) is 0 Å². The molecule has 0 saturated carbocycles. The van der Waals surface area contributed by atoms with E-state index in [1.165, 1.54) is 12.1 Å². The molecule has 0 bridgehead atoms. The number of hydrogen-bond acceptors (Lipinski definition) is 6. The summed E-state index contributed by atoms with van der Waals surface area (Å²) in [5.41, 5.74) is 1.88. The Hall–Kier alpha value is -2.42. The van der Waals surface area contributed by atoms with Gasteiger partial charge in [0.2, 0.25) is 0 Å². The first-order chi connectivity index (χ1) is 12.5. The summed E-state index contributed by atoms with van der Waals surface area (Å²) < 4.78 is 9.70. The molecule has 0 saturated heterocycles. The van der Waals surface area contributed by atoms with Crippen molar-refractivity contribution in [2.75, 3.05) is 12.1 Å². The second-order valence-electron chi connectivity index (χ2n) is 5.62. The molecular weight excluding hydrogens is 359 g/mol. The Morgan fingerprint density at radius 3 is 2.63 bits per heavy atom. The average molecular weight is 376 g/mol. The maximum Gasteiger partial charge on any atom is 1.00 e. The number of nitrogens with zero attached hydrogens (tertiary/aromatic N) is 4. The third-order valence-electron chi connectivity index (χ3n) is 3.72. The van der Waals surface area contributed by atoms with Crippen LogP contribution in [0.2, 0.25) is 0 Å². The minimum absolute atomic E-state index is 0. The number of hydrazone groups is 1. The molecule has 8 nitrogen and oxygen atoms in total. The van der Waals surface area contributed by atoms with Gasteiger partial charge in [0.25, 0.3) is 5.91 Å². The Balaban J connectivity index is 0.00000261. The fourth-order valence-electron chi connectivity index (χ4n) is 2.52. The quantitative estimate of drug-likeness (QED) is 0.375. The maximum absolute atomic E-state index is 12.9. The van der Waals surface area contributed by atoms with Crippen molar-refractivity contribution >= 4 is 23.3 Å². The van der Waals surface area contributed by atoms with Crippen molar-refractivity contribution in [2.45, 2.75) is 20.3 Å². The van der Waals surface area contributed by atoms with E-state index in [0.717, 1.165) is 0 Å². The minimum atomic E-state index is -0.492. The predicted octanol–water partition coefficient (Wildman–Crippen LogP) is -1.31. The normalized spacial score (nSPS) is 16.1. The van der Waals surface area contributed by atoms with E-state index in [1.54, 1.807) is 44.2 Å². The number of carbonyl (C=O) groups excluding carboxylic acids is 2. The van der Waals surface area contributed by atoms with Crippen LogP contribution in [0.4, 0.5) is 5.69 Å². The molecule has 1 aliphatic rings. The molecule has 1 amide bonds. The number of rotatable bonds is 4. The number of esters is 1. The van der Waals surface area contributed by atoms with Crippen molar-refractivity contribution in [3.8, 4) is 0 Å². The number of aryl methyl sites for hydroxylation is 1. The van der Waals surface area contributed by atoms with E-state index in [0.29, 0.717) is 28.3 Å². The molecule has 0 N–H and O–H groups in total. The molecule has 2 aromatic rings. The van der Waals surface area contributed by atoms with Crippen molar-refractivity contribution in [1.82, 2.24) is 5.16 Å². The zero-order valence-electron chi connectivity index (χ0n) is 15.6. The van der Waals surface area contributed by atoms with E-state index in [4.69, 9.17) is 9.26 Å². The van der Waals surface area contributed by atoms with Crippen LogP contribution in [0.15, 0.2) is 62.3 Å². The van der Waals surface area contributed by atoms with Gasteiger partial charge >= 0.3 is 35.5 Å². The average Bonchev–Trinajstić information content (AvgIpc) is 3.18. The van der Waals surface area contributed by atoms with Crippen molar-refractivity contribution < 1.29 is 48.4 Å². The third-order valence-corrected chi connectivity index (χ3v) is 3.72. The second-order valence-corrected chi connectivity index (χ2v) is 5.62. The molecule has 0 spiro atoms. The van der Waals surface area contributed by atoms with Gasteiger partial charge in [-0.05, 0) is 37.5 Å². The second kappa shape index (κ2) is 8.98. The van der Waals surface area contributed by atoms with Gasteiger partial charge in [0.15, 0.2) is 0 Å². The number of amides is 1. The van der Waals surface area contributed by atoms with Crippen molar-refractivity contribution in [3.05, 3.63) is 58.9 Å². The number of allylic oxidation sites excluding steroid dienone is 1. The summed E-state index contributed by atoms with van der Waals surface area (Å²) in [7, 11) is 1.29. The molecule has 2 heterocycles. The Kier molecular flexibility index (Phi) is 6.95. The fourth-order valence-corrected chi connectivity index (χ4v) is 2.52. The smallest absolute Gasteiger partial charge is 0.469 e. The Morgan fingerprint density at radius 2 is 2.04 bits per heavy atom. The number of para-hydroxylation sites is 1. The Morgan fingerprint density at radius 1 is 1.33 bits per heavy atom. The number of hydrogen-bond donors (Lipinski definition) is 0. The fraction of sp³-hybridized carbons (Fsp3) is 0.222. The molecular formula is C18H17N4NaO4. The number of benzene rings is 1. The first-order valence-electron chi connectivity index (χ1n) is 7.89. The number of carbonyl (C=O) groups is 2. The summed E-state index contributed by atoms with van der Waals surface area (Å²) in [6, 6.07) is 10.6. The van der Waals surface area contributed by atoms with Gasteiger partial charge in [-0.1, -0.05) is 23.9 Å². The van der Waals surface area contributed by atoms with E-state index in [-0.39, 0.29) is 47.5 Å². The van der Waals surface area contributed by atoms with Crippen LogP contribution in [-0.4, -0.2) is 24.7 Å². The van der Waals surface area contributed by atoms with E-state index in [9.17, 15) is 9.59 Å². The molecule has 27 heavy (non-hydrogen) atoms. The van der Waals surface area contributed by atoms with Gasteiger partial charge in [0.05, 0.1) is 30.5 Å². The topological polar surface area (TPSA) is 98.6 Å². The zero-order valence-corrected chi connectivity index (χ0v) is 17.6. The van der Waals surface area contributed by atoms with E-state index < -0.39 is 5.97 Å². The molecule has 1 aliphatic heterocycles. The molecule has 134 valence electrons. The van der Waals surface area contributed by atoms with Crippen molar-refractivity contribution in [2.24, 2.45) is 10.1 Å². The first-order valence-corrected chi connectivity index (χ1v) is 7.89. The Labute approximate surface area is 177 Å². The zero-order chi connectivity index (χ0) is 18.7. The number of ether oxygens (including phenoxy) is 1. The maximum atomic E-state index is 12.9. The summed E-state index contributed by atoms with van der Waals surface area (Å²) in [4.78, 5) is 29.0. The summed E-state index contributed by atoms with van der Waals surface area (Å²) in [6.45, 7) is 3.41. The monoisotopic (exact) mass is 376 g/mol. The number of anilines is 1. The van der Waals surface area contributed by atoms with Gasteiger partial charge < -0.3 is 14.3 Å². The van der Waals surface area contributed by atoms with Gasteiger partial charge in [0.1, 0.15) is 5.76 Å². The van der Waals surface area contributed by atoms with Gasteiger partial charge in [-0.15, -0.1) is 0 Å². The van der Waals surface area contributed by atoms with Crippen LogP contribution >= 0.6 is 0 Å². The SMILES string of the molecule is COC(=O)CC1=NN(c2ccccc2)C(=O)C1=C(C)N=c1cc(C)o[n-]1.[Na+]. The van der Waals surface area contributed by atoms with E-state index in [1.807, 2.05) is 6.07 Å². The van der Waals surface area contributed by atoms with Crippen molar-refractivity contribution in [1.29, 1.82) is 0 Å². The van der Waals surface area contributed by atoms with Crippen LogP contribution in [0, 0.1) is 6.92 Å². The molecule has 0 aliphatic carbocycles. The van der Waals surface area contributed by atoms with Crippen LogP contribution in [0.5, 0.6) is 0 Å². The molecule has 3 rings (SSSR count). The van der Waals surface area contributed by atoms with E-state index >= 15 is 0 Å². The van der Waals surface area contributed by atoms with Crippen LogP contribution in [0.25, 0.3) is 0 Å². The number of methoxy groups -OCH3 is 1. The first kappa shape index (κ1) is 20.9. The summed E-state index contributed by atoms with van der Waals surface area (Å²) in [6.07, 6.45) is -0.133. The minimum Gasteiger partial charge on any atom is -0.469 e. The predicted molar refractivity (Wildman–Crippen MR) is 93.0 cm³/mol. The third kappa shape index (κ3) is 4.65. The van der Waals surface area contributed by atoms with Gasteiger partial charge in [0, 0.05) is 0 Å². The molecule has 0 fully saturated rings. The van der Waals surface area contributed by atoms with E-state index in [2.05, 4.69) is 15.3 Å². The van der Waals surface area contributed by atoms with Crippen LogP contribution < -0.4 is 45.2 Å². The number of aromatic nitrogens is 1. The largest absolute Gasteiger partial charge is 1.00 e. The standard InChI is InChI=1S/C18H18N4O4.Na/c1-11-9-15(21-26-11)19-12(2)17-14(10-16(23)25-3)20-22(18(17)24)13-7-5-4-6-8-13;/h4-9H,10H2,1-3H3,(H,19,20,21,24);/q;+1/p-1. The molecule has 1 aromatic carbocycles. The Bertz CT molecular complexity index is 973. The molecule has 1 aromatic heterocycles. The summed E-state index contributed by atoms with van der Waals surface area (Å²) >= 11 is 0.